The maximum absolute atomic E-state index is 11.4. The average molecular weight is 238 g/mol. The molecule has 0 saturated heterocycles. The van der Waals surface area contributed by atoms with E-state index in [2.05, 4.69) is 6.58 Å². The van der Waals surface area contributed by atoms with Crippen LogP contribution in [0.3, 0.4) is 0 Å². The Bertz CT molecular complexity index is 238. The van der Waals surface area contributed by atoms with Crippen molar-refractivity contribution < 1.29 is 50.0 Å². The van der Waals surface area contributed by atoms with Crippen LogP contribution in [0.2, 0.25) is 0 Å². The minimum atomic E-state index is -0.873. The molecular formula is C11H19NaO4. The second-order valence-corrected chi connectivity index (χ2v) is 3.22. The third kappa shape index (κ3) is 7.04. The zero-order chi connectivity index (χ0) is 11.8. The van der Waals surface area contributed by atoms with E-state index in [9.17, 15) is 9.59 Å². The smallest absolute Gasteiger partial charge is 1.00 e. The molecule has 0 fully saturated rings. The van der Waals surface area contributed by atoms with Crippen molar-refractivity contribution in [2.45, 2.75) is 27.2 Å². The molecular weight excluding hydrogens is 219 g/mol. The number of rotatable bonds is 6. The van der Waals surface area contributed by atoms with Gasteiger partial charge in [0.25, 0.3) is 0 Å². The van der Waals surface area contributed by atoms with E-state index in [4.69, 9.17) is 9.47 Å². The summed E-state index contributed by atoms with van der Waals surface area (Å²) < 4.78 is 9.58. The van der Waals surface area contributed by atoms with E-state index in [1.165, 1.54) is 0 Å². The van der Waals surface area contributed by atoms with Crippen molar-refractivity contribution in [2.75, 3.05) is 13.2 Å². The molecule has 0 aromatic rings. The van der Waals surface area contributed by atoms with E-state index in [-0.39, 0.29) is 50.6 Å². The summed E-state index contributed by atoms with van der Waals surface area (Å²) in [5, 5.41) is 0. The van der Waals surface area contributed by atoms with Crippen LogP contribution < -0.4 is 29.6 Å². The molecule has 0 atom stereocenters. The van der Waals surface area contributed by atoms with Crippen molar-refractivity contribution in [1.29, 1.82) is 0 Å². The fraction of sp³-hybridized carbons (Fsp3) is 0.636. The Balaban J connectivity index is -0.000000980. The van der Waals surface area contributed by atoms with Gasteiger partial charge in [0.2, 0.25) is 0 Å². The first-order valence-corrected chi connectivity index (χ1v) is 5.00. The predicted molar refractivity (Wildman–Crippen MR) is 57.3 cm³/mol. The molecule has 0 aliphatic rings. The number of carbonyl (C=O) groups excluding carboxylic acids is 2. The zero-order valence-corrected chi connectivity index (χ0v) is 12.5. The van der Waals surface area contributed by atoms with Crippen molar-refractivity contribution in [2.24, 2.45) is 5.92 Å². The van der Waals surface area contributed by atoms with Crippen LogP contribution in [0.25, 0.3) is 0 Å². The number of esters is 2. The van der Waals surface area contributed by atoms with Crippen LogP contribution in [0, 0.1) is 5.92 Å². The van der Waals surface area contributed by atoms with Crippen LogP contribution in [0.4, 0.5) is 0 Å². The Morgan fingerprint density at radius 1 is 1.19 bits per heavy atom. The van der Waals surface area contributed by atoms with E-state index in [0.29, 0.717) is 0 Å². The van der Waals surface area contributed by atoms with Crippen molar-refractivity contribution in [3.8, 4) is 0 Å². The molecule has 0 unspecified atom stereocenters. The Kier molecular flexibility index (Phi) is 11.1. The average Bonchev–Trinajstić information content (AvgIpc) is 2.14. The summed E-state index contributed by atoms with van der Waals surface area (Å²) in [5.74, 6) is -1.96. The van der Waals surface area contributed by atoms with E-state index in [1.54, 1.807) is 20.8 Å². The molecule has 0 N–H and O–H groups in total. The van der Waals surface area contributed by atoms with E-state index in [1.807, 2.05) is 0 Å². The molecule has 0 aromatic carbocycles. The zero-order valence-electron chi connectivity index (χ0n) is 11.5. The molecule has 0 spiro atoms. The molecule has 0 aromatic heterocycles. The maximum Gasteiger partial charge on any atom is 1.00 e. The van der Waals surface area contributed by atoms with E-state index < -0.39 is 17.9 Å². The van der Waals surface area contributed by atoms with Crippen molar-refractivity contribution in [1.82, 2.24) is 0 Å². The number of ether oxygens (including phenoxy) is 2. The molecule has 0 amide bonds. The first-order valence-electron chi connectivity index (χ1n) is 5.00. The number of carbonyl (C=O) groups is 2. The number of hydrogen-bond donors (Lipinski definition) is 0. The SMILES string of the molecule is C=C(C)CC(C(=O)OCC)C(=O)OCC.[H-].[Na+]. The molecule has 4 nitrogen and oxygen atoms in total. The normalized spacial score (nSPS) is 9.25. The summed E-state index contributed by atoms with van der Waals surface area (Å²) in [4.78, 5) is 22.9. The van der Waals surface area contributed by atoms with Crippen LogP contribution in [0.5, 0.6) is 0 Å². The minimum Gasteiger partial charge on any atom is -1.00 e. The predicted octanol–water partition coefficient (Wildman–Crippen LogP) is -1.19. The molecule has 0 aliphatic heterocycles. The van der Waals surface area contributed by atoms with Crippen molar-refractivity contribution >= 4 is 11.9 Å². The first kappa shape index (κ1) is 18.1. The van der Waals surface area contributed by atoms with Gasteiger partial charge in [-0.25, -0.2) is 0 Å². The summed E-state index contributed by atoms with van der Waals surface area (Å²) in [6, 6.07) is 0. The third-order valence-electron chi connectivity index (χ3n) is 1.69. The fourth-order valence-corrected chi connectivity index (χ4v) is 1.10. The van der Waals surface area contributed by atoms with Gasteiger partial charge in [-0.1, -0.05) is 5.57 Å². The third-order valence-corrected chi connectivity index (χ3v) is 1.69. The number of hydrogen-bond acceptors (Lipinski definition) is 4. The molecule has 0 radical (unpaired) electrons. The second kappa shape index (κ2) is 9.87. The van der Waals surface area contributed by atoms with Crippen LogP contribution >= 0.6 is 0 Å². The van der Waals surface area contributed by atoms with Gasteiger partial charge in [-0.2, -0.15) is 0 Å². The fourth-order valence-electron chi connectivity index (χ4n) is 1.10. The van der Waals surface area contributed by atoms with Gasteiger partial charge in [-0.05, 0) is 27.2 Å². The maximum atomic E-state index is 11.4. The van der Waals surface area contributed by atoms with E-state index in [0.717, 1.165) is 5.57 Å². The largest absolute Gasteiger partial charge is 1.00 e. The Morgan fingerprint density at radius 3 is 1.81 bits per heavy atom. The van der Waals surface area contributed by atoms with Crippen LogP contribution in [0.15, 0.2) is 12.2 Å². The molecule has 0 saturated carbocycles. The Hall–Kier alpha value is -0.320. The molecule has 0 aliphatic carbocycles. The number of allylic oxidation sites excluding steroid dienone is 1. The summed E-state index contributed by atoms with van der Waals surface area (Å²) in [7, 11) is 0. The summed E-state index contributed by atoms with van der Waals surface area (Å²) in [5.41, 5.74) is 0.751. The summed E-state index contributed by atoms with van der Waals surface area (Å²) in [6.45, 7) is 9.32. The topological polar surface area (TPSA) is 52.6 Å². The quantitative estimate of drug-likeness (QED) is 0.253. The molecule has 5 heteroatoms. The van der Waals surface area contributed by atoms with Gasteiger partial charge in [0.15, 0.2) is 5.92 Å². The monoisotopic (exact) mass is 238 g/mol. The van der Waals surface area contributed by atoms with Crippen LogP contribution in [0.1, 0.15) is 28.6 Å². The van der Waals surface area contributed by atoms with Crippen molar-refractivity contribution in [3.05, 3.63) is 12.2 Å². The van der Waals surface area contributed by atoms with Gasteiger partial charge in [0.05, 0.1) is 13.2 Å². The molecule has 88 valence electrons. The Morgan fingerprint density at radius 2 is 1.56 bits per heavy atom. The second-order valence-electron chi connectivity index (χ2n) is 3.22. The van der Waals surface area contributed by atoms with Gasteiger partial charge >= 0.3 is 41.5 Å². The van der Waals surface area contributed by atoms with Crippen molar-refractivity contribution in [3.63, 3.8) is 0 Å². The van der Waals surface area contributed by atoms with Gasteiger partial charge in [0.1, 0.15) is 0 Å². The van der Waals surface area contributed by atoms with E-state index >= 15 is 0 Å². The van der Waals surface area contributed by atoms with Crippen LogP contribution in [-0.4, -0.2) is 25.2 Å². The molecule has 0 bridgehead atoms. The van der Waals surface area contributed by atoms with Gasteiger partial charge in [-0.3, -0.25) is 9.59 Å². The van der Waals surface area contributed by atoms with Gasteiger partial charge in [-0.15, -0.1) is 6.58 Å². The minimum absolute atomic E-state index is 0. The van der Waals surface area contributed by atoms with Crippen LogP contribution in [-0.2, 0) is 19.1 Å². The standard InChI is InChI=1S/C11H18O4.Na.H/c1-5-14-10(12)9(7-8(3)4)11(13)15-6-2;;/h9H,3,5-7H2,1-2,4H3;;/q;+1;-1. The summed E-state index contributed by atoms with van der Waals surface area (Å²) in [6.07, 6.45) is 0.275. The molecule has 16 heavy (non-hydrogen) atoms. The molecule has 0 heterocycles. The van der Waals surface area contributed by atoms with Gasteiger partial charge < -0.3 is 10.9 Å². The first-order chi connectivity index (χ1) is 7.02. The molecule has 0 rings (SSSR count). The van der Waals surface area contributed by atoms with Gasteiger partial charge in [0, 0.05) is 0 Å². The Labute approximate surface area is 120 Å². The summed E-state index contributed by atoms with van der Waals surface area (Å²) >= 11 is 0.